The predicted octanol–water partition coefficient (Wildman–Crippen LogP) is 3.84. The van der Waals surface area contributed by atoms with Crippen molar-refractivity contribution in [2.45, 2.75) is 6.92 Å². The molecule has 0 aliphatic carbocycles. The van der Waals surface area contributed by atoms with Crippen molar-refractivity contribution in [1.82, 2.24) is 0 Å². The molecule has 0 bridgehead atoms. The molecule has 2 nitrogen and oxygen atoms in total. The molecule has 0 radical (unpaired) electrons. The number of hydrogen-bond donors (Lipinski definition) is 0. The van der Waals surface area contributed by atoms with E-state index < -0.39 is 11.6 Å². The molecule has 98 valence electrons. The van der Waals surface area contributed by atoms with Gasteiger partial charge in [-0.2, -0.15) is 0 Å². The third kappa shape index (κ3) is 2.47. The molecule has 0 aromatic heterocycles. The Hall–Kier alpha value is -2.23. The summed E-state index contributed by atoms with van der Waals surface area (Å²) in [5, 5.41) is 0. The van der Waals surface area contributed by atoms with E-state index >= 15 is 0 Å². The largest absolute Gasteiger partial charge is 0.494 e. The molecule has 0 N–H and O–H groups in total. The number of hydrogen-bond acceptors (Lipinski definition) is 2. The van der Waals surface area contributed by atoms with Crippen LogP contribution < -0.4 is 4.74 Å². The van der Waals surface area contributed by atoms with Crippen LogP contribution in [0.25, 0.3) is 11.1 Å². The summed E-state index contributed by atoms with van der Waals surface area (Å²) in [7, 11) is 1.35. The lowest BCUT2D eigenvalue weighted by molar-refractivity contribution is 0.101. The topological polar surface area (TPSA) is 26.3 Å². The molecular formula is C15H12F2O2. The van der Waals surface area contributed by atoms with Gasteiger partial charge in [0.1, 0.15) is 5.82 Å². The molecule has 0 aliphatic heterocycles. The number of benzene rings is 2. The molecule has 2 aromatic carbocycles. The van der Waals surface area contributed by atoms with Gasteiger partial charge < -0.3 is 4.74 Å². The number of ether oxygens (including phenoxy) is 1. The van der Waals surface area contributed by atoms with Gasteiger partial charge in [-0.15, -0.1) is 0 Å². The highest BCUT2D eigenvalue weighted by atomic mass is 19.1. The first-order valence-electron chi connectivity index (χ1n) is 5.68. The maximum atomic E-state index is 14.2. The second-order valence-electron chi connectivity index (χ2n) is 4.07. The fraction of sp³-hybridized carbons (Fsp3) is 0.133. The van der Waals surface area contributed by atoms with Gasteiger partial charge >= 0.3 is 0 Å². The Morgan fingerprint density at radius 2 is 1.84 bits per heavy atom. The molecule has 4 heteroatoms. The predicted molar refractivity (Wildman–Crippen MR) is 68.4 cm³/mol. The highest BCUT2D eigenvalue weighted by Gasteiger charge is 2.16. The van der Waals surface area contributed by atoms with Crippen LogP contribution in [0.2, 0.25) is 0 Å². The number of carbonyl (C=O) groups excluding carboxylic acids is 1. The van der Waals surface area contributed by atoms with Gasteiger partial charge in [-0.3, -0.25) is 4.79 Å². The van der Waals surface area contributed by atoms with Gasteiger partial charge in [-0.25, -0.2) is 8.78 Å². The Morgan fingerprint density at radius 1 is 1.11 bits per heavy atom. The van der Waals surface area contributed by atoms with Crippen molar-refractivity contribution in [3.63, 3.8) is 0 Å². The summed E-state index contributed by atoms with van der Waals surface area (Å²) in [6.07, 6.45) is 0. The fourth-order valence-electron chi connectivity index (χ4n) is 1.92. The highest BCUT2D eigenvalue weighted by molar-refractivity contribution is 6.00. The Bertz CT molecular complexity index is 636. The van der Waals surface area contributed by atoms with Crippen LogP contribution >= 0.6 is 0 Å². The zero-order valence-electron chi connectivity index (χ0n) is 10.5. The summed E-state index contributed by atoms with van der Waals surface area (Å²) >= 11 is 0. The van der Waals surface area contributed by atoms with E-state index in [1.54, 1.807) is 6.07 Å². The molecule has 0 heterocycles. The smallest absolute Gasteiger partial charge is 0.172 e. The molecule has 2 aromatic rings. The summed E-state index contributed by atoms with van der Waals surface area (Å²) in [5.74, 6) is -1.34. The monoisotopic (exact) mass is 262 g/mol. The summed E-state index contributed by atoms with van der Waals surface area (Å²) in [4.78, 5) is 11.5. The molecule has 0 atom stereocenters. The minimum absolute atomic E-state index is 0.0521. The molecule has 0 unspecified atom stereocenters. The molecular weight excluding hydrogens is 250 g/mol. The number of carbonyl (C=O) groups is 1. The molecule has 0 saturated carbocycles. The highest BCUT2D eigenvalue weighted by Crippen LogP contribution is 2.31. The molecule has 19 heavy (non-hydrogen) atoms. The summed E-state index contributed by atoms with van der Waals surface area (Å²) < 4.78 is 32.4. The number of Topliss-reactive ketones (excluding diaryl/α,β-unsaturated/α-hetero) is 1. The number of rotatable bonds is 3. The van der Waals surface area contributed by atoms with Crippen LogP contribution in [-0.2, 0) is 0 Å². The quantitative estimate of drug-likeness (QED) is 0.785. The van der Waals surface area contributed by atoms with E-state index in [9.17, 15) is 13.6 Å². The van der Waals surface area contributed by atoms with Gasteiger partial charge in [0.15, 0.2) is 17.3 Å². The third-order valence-corrected chi connectivity index (χ3v) is 2.83. The van der Waals surface area contributed by atoms with E-state index in [4.69, 9.17) is 4.74 Å². The van der Waals surface area contributed by atoms with Gasteiger partial charge in [0.05, 0.1) is 7.11 Å². The van der Waals surface area contributed by atoms with E-state index in [-0.39, 0.29) is 28.2 Å². The van der Waals surface area contributed by atoms with Gasteiger partial charge in [0.2, 0.25) is 0 Å². The first-order valence-corrected chi connectivity index (χ1v) is 5.68. The maximum absolute atomic E-state index is 14.2. The van der Waals surface area contributed by atoms with Crippen molar-refractivity contribution in [3.8, 4) is 16.9 Å². The Morgan fingerprint density at radius 3 is 2.47 bits per heavy atom. The molecule has 0 saturated heterocycles. The Balaban J connectivity index is 2.71. The summed E-state index contributed by atoms with van der Waals surface area (Å²) in [5.41, 5.74) is 0.640. The van der Waals surface area contributed by atoms with Crippen LogP contribution in [0.15, 0.2) is 36.4 Å². The van der Waals surface area contributed by atoms with Crippen molar-refractivity contribution in [2.75, 3.05) is 7.11 Å². The average Bonchev–Trinajstić information content (AvgIpc) is 2.38. The van der Waals surface area contributed by atoms with Crippen LogP contribution in [-0.4, -0.2) is 12.9 Å². The van der Waals surface area contributed by atoms with Gasteiger partial charge in [-0.1, -0.05) is 12.1 Å². The van der Waals surface area contributed by atoms with Crippen LogP contribution in [0.1, 0.15) is 17.3 Å². The minimum atomic E-state index is -0.613. The zero-order chi connectivity index (χ0) is 14.0. The Labute approximate surface area is 109 Å². The maximum Gasteiger partial charge on any atom is 0.172 e. The number of halogens is 2. The fourth-order valence-corrected chi connectivity index (χ4v) is 1.92. The molecule has 0 fully saturated rings. The van der Waals surface area contributed by atoms with Gasteiger partial charge in [0.25, 0.3) is 0 Å². The SMILES string of the molecule is COc1cccc(-c2cc(F)ccc2C(C)=O)c1F. The molecule has 2 rings (SSSR count). The van der Waals surface area contributed by atoms with E-state index in [1.807, 2.05) is 0 Å². The van der Waals surface area contributed by atoms with Crippen LogP contribution in [0.3, 0.4) is 0 Å². The lowest BCUT2D eigenvalue weighted by atomic mass is 9.96. The first-order chi connectivity index (χ1) is 9.04. The van der Waals surface area contributed by atoms with Crippen molar-refractivity contribution < 1.29 is 18.3 Å². The molecule has 0 aliphatic rings. The second-order valence-corrected chi connectivity index (χ2v) is 4.07. The number of ketones is 1. The van der Waals surface area contributed by atoms with Crippen molar-refractivity contribution in [2.24, 2.45) is 0 Å². The summed E-state index contributed by atoms with van der Waals surface area (Å²) in [6, 6.07) is 8.22. The van der Waals surface area contributed by atoms with Crippen LogP contribution in [0, 0.1) is 11.6 Å². The minimum Gasteiger partial charge on any atom is -0.494 e. The first kappa shape index (κ1) is 13.2. The standard InChI is InChI=1S/C15H12F2O2/c1-9(18)11-7-6-10(16)8-13(11)12-4-3-5-14(19-2)15(12)17/h3-8H,1-2H3. The molecule has 0 amide bonds. The summed E-state index contributed by atoms with van der Waals surface area (Å²) in [6.45, 7) is 1.36. The average molecular weight is 262 g/mol. The lowest BCUT2D eigenvalue weighted by Gasteiger charge is -2.10. The van der Waals surface area contributed by atoms with Crippen LogP contribution in [0.4, 0.5) is 8.78 Å². The Kier molecular flexibility index (Phi) is 3.60. The normalized spacial score (nSPS) is 10.3. The zero-order valence-corrected chi connectivity index (χ0v) is 10.5. The van der Waals surface area contributed by atoms with Crippen LogP contribution in [0.5, 0.6) is 5.75 Å². The van der Waals surface area contributed by atoms with E-state index in [1.165, 1.54) is 38.3 Å². The number of methoxy groups -OCH3 is 1. The second kappa shape index (κ2) is 5.18. The molecule has 0 spiro atoms. The van der Waals surface area contributed by atoms with Crippen molar-refractivity contribution in [3.05, 3.63) is 53.6 Å². The van der Waals surface area contributed by atoms with E-state index in [0.717, 1.165) is 6.07 Å². The van der Waals surface area contributed by atoms with Gasteiger partial charge in [-0.05, 0) is 36.8 Å². The van der Waals surface area contributed by atoms with Crippen molar-refractivity contribution in [1.29, 1.82) is 0 Å². The third-order valence-electron chi connectivity index (χ3n) is 2.83. The van der Waals surface area contributed by atoms with E-state index in [2.05, 4.69) is 0 Å². The van der Waals surface area contributed by atoms with Crippen molar-refractivity contribution >= 4 is 5.78 Å². The lowest BCUT2D eigenvalue weighted by Crippen LogP contribution is -1.99. The van der Waals surface area contributed by atoms with E-state index in [0.29, 0.717) is 0 Å². The van der Waals surface area contributed by atoms with Gasteiger partial charge in [0, 0.05) is 11.1 Å².